The van der Waals surface area contributed by atoms with Crippen molar-refractivity contribution in [3.8, 4) is 11.5 Å². The van der Waals surface area contributed by atoms with Gasteiger partial charge >= 0.3 is 6.03 Å². The molecule has 20 heavy (non-hydrogen) atoms. The monoisotopic (exact) mass is 345 g/mol. The number of hydrogen-bond donors (Lipinski definition) is 3. The van der Waals surface area contributed by atoms with E-state index in [2.05, 4.69) is 15.9 Å². The first-order valence-electron chi connectivity index (χ1n) is 5.72. The summed E-state index contributed by atoms with van der Waals surface area (Å²) in [5.41, 5.74) is 11.3. The van der Waals surface area contributed by atoms with Gasteiger partial charge < -0.3 is 20.9 Å². The van der Waals surface area contributed by atoms with Crippen LogP contribution in [0.2, 0.25) is 0 Å². The number of carbonyl (C=O) groups is 2. The topological polar surface area (TPSA) is 117 Å². The zero-order valence-electron chi connectivity index (χ0n) is 11.1. The normalized spacial score (nSPS) is 11.6. The van der Waals surface area contributed by atoms with Gasteiger partial charge in [0.1, 0.15) is 0 Å². The van der Waals surface area contributed by atoms with Crippen molar-refractivity contribution in [3.63, 3.8) is 0 Å². The lowest BCUT2D eigenvalue weighted by Crippen LogP contribution is -2.42. The van der Waals surface area contributed by atoms with Crippen LogP contribution >= 0.6 is 15.9 Å². The van der Waals surface area contributed by atoms with E-state index >= 15 is 0 Å². The lowest BCUT2D eigenvalue weighted by atomic mass is 10.2. The molecule has 0 saturated heterocycles. The molecular formula is C12H16BrN3O4. The third-order valence-electron chi connectivity index (χ3n) is 2.44. The molecule has 1 atom stereocenters. The highest BCUT2D eigenvalue weighted by Gasteiger charge is 2.20. The Kier molecular flexibility index (Phi) is 5.78. The highest BCUT2D eigenvalue weighted by molar-refractivity contribution is 9.10. The van der Waals surface area contributed by atoms with Crippen LogP contribution in [-0.4, -0.2) is 25.2 Å². The van der Waals surface area contributed by atoms with Crippen molar-refractivity contribution >= 4 is 27.9 Å². The van der Waals surface area contributed by atoms with Crippen LogP contribution in [0.1, 0.15) is 12.5 Å². The van der Waals surface area contributed by atoms with Crippen molar-refractivity contribution in [2.75, 3.05) is 7.11 Å². The smallest absolute Gasteiger partial charge is 0.318 e. The van der Waals surface area contributed by atoms with E-state index in [0.29, 0.717) is 22.5 Å². The minimum absolute atomic E-state index is 0.340. The summed E-state index contributed by atoms with van der Waals surface area (Å²) < 4.78 is 11.3. The maximum absolute atomic E-state index is 11.6. The Bertz CT molecular complexity index is 522. The molecule has 0 aromatic heterocycles. The van der Waals surface area contributed by atoms with Gasteiger partial charge in [-0.2, -0.15) is 0 Å². The first kappa shape index (κ1) is 16.3. The van der Waals surface area contributed by atoms with Crippen molar-refractivity contribution in [1.29, 1.82) is 0 Å². The van der Waals surface area contributed by atoms with Crippen LogP contribution in [0, 0.1) is 0 Å². The molecule has 0 radical (unpaired) electrons. The molecule has 7 nitrogen and oxygen atoms in total. The summed E-state index contributed by atoms with van der Waals surface area (Å²) in [6.07, 6.45) is -0.920. The number of nitrogens with one attached hydrogen (secondary N) is 1. The lowest BCUT2D eigenvalue weighted by Gasteiger charge is -2.18. The first-order valence-corrected chi connectivity index (χ1v) is 6.51. The van der Waals surface area contributed by atoms with E-state index in [1.165, 1.54) is 14.0 Å². The average molecular weight is 346 g/mol. The third-order valence-corrected chi connectivity index (χ3v) is 3.02. The summed E-state index contributed by atoms with van der Waals surface area (Å²) in [5, 5.41) is 1.94. The van der Waals surface area contributed by atoms with Crippen LogP contribution in [0.5, 0.6) is 11.5 Å². The van der Waals surface area contributed by atoms with Crippen molar-refractivity contribution in [3.05, 3.63) is 22.2 Å². The number of nitrogens with two attached hydrogens (primary N) is 2. The molecule has 0 heterocycles. The molecule has 8 heteroatoms. The van der Waals surface area contributed by atoms with Gasteiger partial charge in [0.25, 0.3) is 5.91 Å². The molecule has 0 spiro atoms. The molecule has 0 fully saturated rings. The zero-order chi connectivity index (χ0) is 15.3. The van der Waals surface area contributed by atoms with Gasteiger partial charge in [-0.15, -0.1) is 0 Å². The minimum atomic E-state index is -0.935. The molecule has 0 saturated carbocycles. The fourth-order valence-corrected chi connectivity index (χ4v) is 2.04. The molecular weight excluding hydrogens is 330 g/mol. The Labute approximate surface area is 124 Å². The molecule has 0 aliphatic carbocycles. The SMILES string of the molecule is COc1cc(CN)cc(Br)c1OC(C)C(=O)NC(N)=O. The van der Waals surface area contributed by atoms with E-state index in [4.69, 9.17) is 20.9 Å². The van der Waals surface area contributed by atoms with Crippen molar-refractivity contribution in [1.82, 2.24) is 5.32 Å². The standard InChI is InChI=1S/C12H16BrN3O4/c1-6(11(17)16-12(15)18)20-10-8(13)3-7(5-14)4-9(10)19-2/h3-4,6H,5,14H2,1-2H3,(H3,15,16,17,18). The van der Waals surface area contributed by atoms with Crippen LogP contribution in [0.3, 0.4) is 0 Å². The summed E-state index contributed by atoms with van der Waals surface area (Å²) in [7, 11) is 1.48. The van der Waals surface area contributed by atoms with Gasteiger partial charge in [0.15, 0.2) is 17.6 Å². The summed E-state index contributed by atoms with van der Waals surface area (Å²) in [6, 6.07) is 2.53. The van der Waals surface area contributed by atoms with Crippen molar-refractivity contribution in [2.45, 2.75) is 19.6 Å². The minimum Gasteiger partial charge on any atom is -0.493 e. The Hall–Kier alpha value is -1.80. The molecule has 0 aliphatic heterocycles. The number of methoxy groups -OCH3 is 1. The maximum Gasteiger partial charge on any atom is 0.318 e. The van der Waals surface area contributed by atoms with E-state index in [0.717, 1.165) is 5.56 Å². The number of rotatable bonds is 5. The number of halogens is 1. The maximum atomic E-state index is 11.6. The van der Waals surface area contributed by atoms with Crippen LogP contribution < -0.4 is 26.3 Å². The van der Waals surface area contributed by atoms with Gasteiger partial charge in [-0.3, -0.25) is 10.1 Å². The van der Waals surface area contributed by atoms with Gasteiger partial charge in [0.2, 0.25) is 0 Å². The van der Waals surface area contributed by atoms with E-state index in [9.17, 15) is 9.59 Å². The number of benzene rings is 1. The van der Waals surface area contributed by atoms with Gasteiger partial charge in [-0.25, -0.2) is 4.79 Å². The Morgan fingerprint density at radius 3 is 2.60 bits per heavy atom. The molecule has 5 N–H and O–H groups in total. The molecule has 1 aromatic carbocycles. The summed E-state index contributed by atoms with van der Waals surface area (Å²) in [6.45, 7) is 1.83. The number of primary amides is 1. The van der Waals surface area contributed by atoms with Crippen LogP contribution in [0.25, 0.3) is 0 Å². The molecule has 0 aliphatic rings. The number of carbonyl (C=O) groups excluding carboxylic acids is 2. The van der Waals surface area contributed by atoms with E-state index in [1.807, 2.05) is 5.32 Å². The van der Waals surface area contributed by atoms with E-state index in [1.54, 1.807) is 12.1 Å². The molecule has 3 amide bonds. The number of imide groups is 1. The molecule has 110 valence electrons. The average Bonchev–Trinajstić information content (AvgIpc) is 2.39. The highest BCUT2D eigenvalue weighted by atomic mass is 79.9. The predicted molar refractivity (Wildman–Crippen MR) is 76.4 cm³/mol. The second kappa shape index (κ2) is 7.11. The second-order valence-corrected chi connectivity index (χ2v) is 4.78. The Balaban J connectivity index is 2.96. The van der Waals surface area contributed by atoms with Gasteiger partial charge in [-0.05, 0) is 40.5 Å². The molecule has 0 bridgehead atoms. The van der Waals surface area contributed by atoms with Gasteiger partial charge in [0, 0.05) is 6.54 Å². The van der Waals surface area contributed by atoms with Crippen LogP contribution in [-0.2, 0) is 11.3 Å². The fraction of sp³-hybridized carbons (Fsp3) is 0.333. The molecule has 1 unspecified atom stereocenters. The van der Waals surface area contributed by atoms with Crippen LogP contribution in [0.15, 0.2) is 16.6 Å². The Morgan fingerprint density at radius 2 is 2.10 bits per heavy atom. The van der Waals surface area contributed by atoms with Crippen molar-refractivity contribution < 1.29 is 19.1 Å². The van der Waals surface area contributed by atoms with E-state index in [-0.39, 0.29) is 0 Å². The fourth-order valence-electron chi connectivity index (χ4n) is 1.46. The number of hydrogen-bond acceptors (Lipinski definition) is 5. The highest BCUT2D eigenvalue weighted by Crippen LogP contribution is 2.37. The van der Waals surface area contributed by atoms with Gasteiger partial charge in [-0.1, -0.05) is 0 Å². The molecule has 1 aromatic rings. The van der Waals surface area contributed by atoms with Crippen molar-refractivity contribution in [2.24, 2.45) is 11.5 Å². The zero-order valence-corrected chi connectivity index (χ0v) is 12.7. The number of ether oxygens (including phenoxy) is 2. The predicted octanol–water partition coefficient (Wildman–Crippen LogP) is 0.879. The Morgan fingerprint density at radius 1 is 1.45 bits per heavy atom. The first-order chi connectivity index (χ1) is 9.38. The number of urea groups is 1. The second-order valence-electron chi connectivity index (χ2n) is 3.93. The van der Waals surface area contributed by atoms with E-state index < -0.39 is 18.0 Å². The summed E-state index contributed by atoms with van der Waals surface area (Å²) in [4.78, 5) is 22.2. The lowest BCUT2D eigenvalue weighted by molar-refractivity contribution is -0.126. The van der Waals surface area contributed by atoms with Crippen LogP contribution in [0.4, 0.5) is 4.79 Å². The largest absolute Gasteiger partial charge is 0.493 e. The number of amides is 3. The van der Waals surface area contributed by atoms with Gasteiger partial charge in [0.05, 0.1) is 11.6 Å². The third kappa shape index (κ3) is 4.10. The summed E-state index contributed by atoms with van der Waals surface area (Å²) >= 11 is 3.32. The molecule has 1 rings (SSSR count). The quantitative estimate of drug-likeness (QED) is 0.732. The summed E-state index contributed by atoms with van der Waals surface area (Å²) in [5.74, 6) is 0.129.